The van der Waals surface area contributed by atoms with E-state index in [1.54, 1.807) is 18.2 Å². The van der Waals surface area contributed by atoms with Gasteiger partial charge in [0.05, 0.1) is 13.2 Å². The number of ether oxygens (including phenoxy) is 1. The third-order valence-electron chi connectivity index (χ3n) is 4.39. The van der Waals surface area contributed by atoms with Gasteiger partial charge < -0.3 is 19.2 Å². The molecule has 1 aliphatic rings. The quantitative estimate of drug-likeness (QED) is 0.505. The van der Waals surface area contributed by atoms with Crippen LogP contribution in [0.5, 0.6) is 0 Å². The van der Waals surface area contributed by atoms with E-state index in [4.69, 9.17) is 4.42 Å². The number of aliphatic hydroxyl groups excluding tert-OH is 1. The van der Waals surface area contributed by atoms with Crippen molar-refractivity contribution in [3.63, 3.8) is 0 Å². The van der Waals surface area contributed by atoms with Gasteiger partial charge in [0.25, 0.3) is 0 Å². The van der Waals surface area contributed by atoms with E-state index in [0.29, 0.717) is 11.3 Å². The highest BCUT2D eigenvalue weighted by molar-refractivity contribution is 6.06. The van der Waals surface area contributed by atoms with E-state index in [-0.39, 0.29) is 17.6 Å². The molecular formula is C20H21NO5. The second kappa shape index (κ2) is 8.01. The first-order chi connectivity index (χ1) is 12.6. The molecule has 0 bridgehead atoms. The Hall–Kier alpha value is -2.86. The van der Waals surface area contributed by atoms with E-state index in [9.17, 15) is 14.7 Å². The fraction of sp³-hybridized carbons (Fsp3) is 0.300. The van der Waals surface area contributed by atoms with E-state index in [0.717, 1.165) is 31.6 Å². The number of esters is 1. The minimum absolute atomic E-state index is 0.0931. The predicted molar refractivity (Wildman–Crippen MR) is 97.3 cm³/mol. The van der Waals surface area contributed by atoms with Crippen LogP contribution in [0.2, 0.25) is 0 Å². The minimum atomic E-state index is -0.559. The number of methoxy groups -OCH3 is 1. The highest BCUT2D eigenvalue weighted by Gasteiger charge is 2.17. The van der Waals surface area contributed by atoms with Gasteiger partial charge in [0.1, 0.15) is 5.76 Å². The number of hydrogen-bond acceptors (Lipinski definition) is 6. The third-order valence-corrected chi connectivity index (χ3v) is 4.39. The average molecular weight is 355 g/mol. The van der Waals surface area contributed by atoms with Gasteiger partial charge in [-0.05, 0) is 61.4 Å². The van der Waals surface area contributed by atoms with Crippen LogP contribution in [0, 0.1) is 0 Å². The smallest absolute Gasteiger partial charge is 0.373 e. The molecular weight excluding hydrogens is 334 g/mol. The van der Waals surface area contributed by atoms with E-state index in [2.05, 4.69) is 9.64 Å². The monoisotopic (exact) mass is 355 g/mol. The number of anilines is 1. The number of nitrogens with zero attached hydrogens (tertiary/aromatic N) is 1. The zero-order chi connectivity index (χ0) is 18.5. The van der Waals surface area contributed by atoms with Crippen molar-refractivity contribution in [3.05, 3.63) is 59.6 Å². The first-order valence-electron chi connectivity index (χ1n) is 8.50. The number of carbonyl (C=O) groups is 2. The molecule has 1 saturated heterocycles. The first-order valence-corrected chi connectivity index (χ1v) is 8.50. The van der Waals surface area contributed by atoms with E-state index in [1.807, 2.05) is 12.1 Å². The van der Waals surface area contributed by atoms with Crippen molar-refractivity contribution in [1.82, 2.24) is 0 Å². The normalized spacial score (nSPS) is 15.4. The number of furan rings is 1. The zero-order valence-corrected chi connectivity index (χ0v) is 14.6. The molecule has 0 unspecified atom stereocenters. The van der Waals surface area contributed by atoms with Crippen LogP contribution in [0.3, 0.4) is 0 Å². The second-order valence-corrected chi connectivity index (χ2v) is 6.16. The number of aliphatic hydroxyl groups is 1. The SMILES string of the molecule is COC(=O)c1ccc(/C=C/C(=O)c2ccc(N3CCC(O)CC3)cc2)o1. The van der Waals surface area contributed by atoms with Crippen LogP contribution in [0.4, 0.5) is 5.69 Å². The second-order valence-electron chi connectivity index (χ2n) is 6.16. The number of rotatable bonds is 5. The summed E-state index contributed by atoms with van der Waals surface area (Å²) < 4.78 is 9.86. The van der Waals surface area contributed by atoms with Crippen LogP contribution >= 0.6 is 0 Å². The van der Waals surface area contributed by atoms with Crippen molar-refractivity contribution >= 4 is 23.5 Å². The Morgan fingerprint density at radius 2 is 1.85 bits per heavy atom. The minimum Gasteiger partial charge on any atom is -0.463 e. The molecule has 0 atom stereocenters. The van der Waals surface area contributed by atoms with Crippen LogP contribution < -0.4 is 4.90 Å². The lowest BCUT2D eigenvalue weighted by molar-refractivity contribution is 0.0564. The molecule has 1 fully saturated rings. The summed E-state index contributed by atoms with van der Waals surface area (Å²) in [5.74, 6) is -0.212. The Morgan fingerprint density at radius 1 is 1.15 bits per heavy atom. The molecule has 136 valence electrons. The molecule has 1 aliphatic heterocycles. The first kappa shape index (κ1) is 17.9. The molecule has 26 heavy (non-hydrogen) atoms. The van der Waals surface area contributed by atoms with Crippen LogP contribution in [0.15, 0.2) is 46.9 Å². The van der Waals surface area contributed by atoms with Crippen LogP contribution in [0.25, 0.3) is 6.08 Å². The van der Waals surface area contributed by atoms with Crippen molar-refractivity contribution in [2.75, 3.05) is 25.1 Å². The number of allylic oxidation sites excluding steroid dienone is 1. The fourth-order valence-corrected chi connectivity index (χ4v) is 2.87. The summed E-state index contributed by atoms with van der Waals surface area (Å²) in [5.41, 5.74) is 1.62. The summed E-state index contributed by atoms with van der Waals surface area (Å²) in [6, 6.07) is 10.5. The lowest BCUT2D eigenvalue weighted by atomic mass is 10.1. The molecule has 1 aromatic carbocycles. The molecule has 2 heterocycles. The molecule has 2 aromatic rings. The Balaban J connectivity index is 1.62. The molecule has 1 aromatic heterocycles. The Morgan fingerprint density at radius 3 is 2.50 bits per heavy atom. The summed E-state index contributed by atoms with van der Waals surface area (Å²) in [6.07, 6.45) is 4.25. The van der Waals surface area contributed by atoms with Crippen molar-refractivity contribution in [1.29, 1.82) is 0 Å². The molecule has 6 heteroatoms. The Bertz CT molecular complexity index is 798. The predicted octanol–water partition coefficient (Wildman–Crippen LogP) is 2.92. The summed E-state index contributed by atoms with van der Waals surface area (Å²) >= 11 is 0. The Labute approximate surface area is 151 Å². The van der Waals surface area contributed by atoms with Crippen molar-refractivity contribution in [2.45, 2.75) is 18.9 Å². The summed E-state index contributed by atoms with van der Waals surface area (Å²) in [4.78, 5) is 25.8. The van der Waals surface area contributed by atoms with Gasteiger partial charge in [0.15, 0.2) is 5.78 Å². The van der Waals surface area contributed by atoms with Crippen molar-refractivity contribution in [2.24, 2.45) is 0 Å². The largest absolute Gasteiger partial charge is 0.463 e. The highest BCUT2D eigenvalue weighted by atomic mass is 16.5. The van der Waals surface area contributed by atoms with Crippen LogP contribution in [0.1, 0.15) is 39.5 Å². The molecule has 0 radical (unpaired) electrons. The van der Waals surface area contributed by atoms with Crippen LogP contribution in [-0.4, -0.2) is 43.2 Å². The maximum atomic E-state index is 12.3. The van der Waals surface area contributed by atoms with Gasteiger partial charge in [0, 0.05) is 24.3 Å². The van der Waals surface area contributed by atoms with Gasteiger partial charge in [-0.15, -0.1) is 0 Å². The highest BCUT2D eigenvalue weighted by Crippen LogP contribution is 2.21. The number of carbonyl (C=O) groups excluding carboxylic acids is 2. The standard InChI is InChI=1S/C20H21NO5/c1-25-20(24)19-9-7-17(26-19)6-8-18(23)14-2-4-15(5-3-14)21-12-10-16(22)11-13-21/h2-9,16,22H,10-13H2,1H3/b8-6+. The molecule has 0 aliphatic carbocycles. The van der Waals surface area contributed by atoms with E-state index >= 15 is 0 Å². The maximum Gasteiger partial charge on any atom is 0.373 e. The molecule has 0 spiro atoms. The van der Waals surface area contributed by atoms with Gasteiger partial charge in [-0.3, -0.25) is 4.79 Å². The molecule has 0 amide bonds. The topological polar surface area (TPSA) is 80.0 Å². The van der Waals surface area contributed by atoms with Gasteiger partial charge >= 0.3 is 5.97 Å². The summed E-state index contributed by atoms with van der Waals surface area (Å²) in [7, 11) is 1.28. The number of ketones is 1. The van der Waals surface area contributed by atoms with E-state index < -0.39 is 5.97 Å². The van der Waals surface area contributed by atoms with Crippen molar-refractivity contribution < 1.29 is 23.8 Å². The van der Waals surface area contributed by atoms with Gasteiger partial charge in [-0.25, -0.2) is 4.79 Å². The third kappa shape index (κ3) is 4.21. The summed E-state index contributed by atoms with van der Waals surface area (Å²) in [6.45, 7) is 1.63. The molecule has 1 N–H and O–H groups in total. The number of benzene rings is 1. The average Bonchev–Trinajstić information content (AvgIpc) is 3.15. The number of piperidine rings is 1. The number of hydrogen-bond donors (Lipinski definition) is 1. The van der Waals surface area contributed by atoms with Gasteiger partial charge in [-0.1, -0.05) is 0 Å². The zero-order valence-electron chi connectivity index (χ0n) is 14.6. The van der Waals surface area contributed by atoms with Crippen molar-refractivity contribution in [3.8, 4) is 0 Å². The fourth-order valence-electron chi connectivity index (χ4n) is 2.87. The lowest BCUT2D eigenvalue weighted by Crippen LogP contribution is -2.35. The van der Waals surface area contributed by atoms with E-state index in [1.165, 1.54) is 25.3 Å². The van der Waals surface area contributed by atoms with Crippen LogP contribution in [-0.2, 0) is 4.74 Å². The maximum absolute atomic E-state index is 12.3. The molecule has 6 nitrogen and oxygen atoms in total. The summed E-state index contributed by atoms with van der Waals surface area (Å²) in [5, 5.41) is 9.58. The molecule has 3 rings (SSSR count). The van der Waals surface area contributed by atoms with Gasteiger partial charge in [0.2, 0.25) is 5.76 Å². The van der Waals surface area contributed by atoms with Gasteiger partial charge in [-0.2, -0.15) is 0 Å². The Kier molecular flexibility index (Phi) is 5.53. The lowest BCUT2D eigenvalue weighted by Gasteiger charge is -2.31. The molecule has 0 saturated carbocycles.